The lowest BCUT2D eigenvalue weighted by atomic mass is 9.76. The van der Waals surface area contributed by atoms with Crippen LogP contribution in [0.1, 0.15) is 36.7 Å². The Morgan fingerprint density at radius 3 is 2.49 bits per heavy atom. The lowest BCUT2D eigenvalue weighted by molar-refractivity contribution is -0.137. The summed E-state index contributed by atoms with van der Waals surface area (Å²) in [5.74, 6) is 0.531. The maximum Gasteiger partial charge on any atom is 0.420 e. The van der Waals surface area contributed by atoms with Crippen LogP contribution in [0.2, 0.25) is 0 Å². The summed E-state index contributed by atoms with van der Waals surface area (Å²) >= 11 is 0. The average Bonchev–Trinajstić information content (AvgIpc) is 3.47. The number of alkyl halides is 3. The Hall–Kier alpha value is -4.35. The minimum Gasteiger partial charge on any atom is -0.347 e. The number of aliphatic imine (C=N–C) groups is 1. The first-order valence-corrected chi connectivity index (χ1v) is 12.2. The van der Waals surface area contributed by atoms with E-state index in [1.54, 1.807) is 38.6 Å². The normalized spacial score (nSPS) is 15.1. The molecule has 9 nitrogen and oxygen atoms in total. The van der Waals surface area contributed by atoms with Gasteiger partial charge in [0.05, 0.1) is 17.2 Å². The van der Waals surface area contributed by atoms with Crippen LogP contribution in [0, 0.1) is 5.92 Å². The molecule has 1 aromatic carbocycles. The van der Waals surface area contributed by atoms with Crippen LogP contribution in [0.25, 0.3) is 22.6 Å². The van der Waals surface area contributed by atoms with E-state index in [9.17, 15) is 18.0 Å². The van der Waals surface area contributed by atoms with Crippen molar-refractivity contribution in [3.8, 4) is 22.6 Å². The lowest BCUT2D eigenvalue weighted by Gasteiger charge is -2.27. The van der Waals surface area contributed by atoms with Gasteiger partial charge >= 0.3 is 6.18 Å². The minimum absolute atomic E-state index is 0.0902. The topological polar surface area (TPSA) is 102 Å². The third-order valence-corrected chi connectivity index (χ3v) is 7.10. The van der Waals surface area contributed by atoms with Crippen molar-refractivity contribution < 1.29 is 22.5 Å². The van der Waals surface area contributed by atoms with E-state index in [1.165, 1.54) is 15.8 Å². The monoisotopic (exact) mass is 537 g/mol. The van der Waals surface area contributed by atoms with Crippen molar-refractivity contribution in [3.63, 3.8) is 0 Å². The van der Waals surface area contributed by atoms with Gasteiger partial charge in [0.1, 0.15) is 12.1 Å². The number of benzene rings is 1. The first kappa shape index (κ1) is 26.3. The zero-order valence-corrected chi connectivity index (χ0v) is 21.6. The molecule has 5 rings (SSSR count). The van der Waals surface area contributed by atoms with Gasteiger partial charge in [0.2, 0.25) is 5.91 Å². The van der Waals surface area contributed by atoms with Crippen LogP contribution in [-0.2, 0) is 22.9 Å². The van der Waals surface area contributed by atoms with E-state index in [4.69, 9.17) is 4.52 Å². The van der Waals surface area contributed by atoms with Gasteiger partial charge in [0.15, 0.2) is 11.6 Å². The lowest BCUT2D eigenvalue weighted by Crippen LogP contribution is -2.28. The molecule has 3 heterocycles. The smallest absolute Gasteiger partial charge is 0.347 e. The van der Waals surface area contributed by atoms with Crippen molar-refractivity contribution in [2.45, 2.75) is 37.9 Å². The number of carbonyl (C=O) groups excluding carboxylic acids is 1. The summed E-state index contributed by atoms with van der Waals surface area (Å²) < 4.78 is 47.5. The van der Waals surface area contributed by atoms with Gasteiger partial charge in [-0.3, -0.25) is 9.48 Å². The molecule has 12 heteroatoms. The summed E-state index contributed by atoms with van der Waals surface area (Å²) in [4.78, 5) is 25.4. The maximum absolute atomic E-state index is 13.5. The van der Waals surface area contributed by atoms with Gasteiger partial charge in [-0.05, 0) is 49.6 Å². The summed E-state index contributed by atoms with van der Waals surface area (Å²) in [5, 5.41) is 8.51. The van der Waals surface area contributed by atoms with Crippen molar-refractivity contribution in [2.24, 2.45) is 10.9 Å². The molecular formula is C27H26F3N7O2. The number of nitrogens with zero attached hydrogens (tertiary/aromatic N) is 7. The predicted molar refractivity (Wildman–Crippen MR) is 137 cm³/mol. The van der Waals surface area contributed by atoms with E-state index in [1.807, 2.05) is 19.1 Å². The number of likely N-dealkylation sites (N-methyl/N-ethyl adjacent to an activating group) is 1. The van der Waals surface area contributed by atoms with Crippen LogP contribution in [0.3, 0.4) is 0 Å². The summed E-state index contributed by atoms with van der Waals surface area (Å²) in [7, 11) is 3.35. The minimum atomic E-state index is -4.60. The molecule has 0 unspecified atom stereocenters. The number of hydrogen-bond donors (Lipinski definition) is 0. The Labute approximate surface area is 222 Å². The molecular weight excluding hydrogens is 511 g/mol. The van der Waals surface area contributed by atoms with E-state index in [-0.39, 0.29) is 18.4 Å². The van der Waals surface area contributed by atoms with E-state index >= 15 is 0 Å². The second-order valence-corrected chi connectivity index (χ2v) is 9.94. The molecule has 0 spiro atoms. The molecule has 1 amide bonds. The molecule has 1 atom stereocenters. The standard InChI is InChI=1S/C27H26F3N7O2/c1-26(20-9-10-20,25-34-24(39-35-25)18-13-33-37(14-18)15-22(38)36(3)4)19-7-5-16(6-8-19)17-11-21(27(28,29)30)23(31-2)32-12-17/h5-8,11-14,20H,2,9-10,15H2,1,3-4H3/t26-/m0/s1. The fraction of sp³-hybridized carbons (Fsp3) is 0.333. The highest BCUT2D eigenvalue weighted by Gasteiger charge is 2.47. The average molecular weight is 538 g/mol. The van der Waals surface area contributed by atoms with Crippen LogP contribution in [0.4, 0.5) is 19.0 Å². The van der Waals surface area contributed by atoms with E-state index in [2.05, 4.69) is 31.9 Å². The van der Waals surface area contributed by atoms with Gasteiger partial charge in [-0.1, -0.05) is 29.4 Å². The van der Waals surface area contributed by atoms with Crippen molar-refractivity contribution >= 4 is 18.4 Å². The number of pyridine rings is 1. The fourth-order valence-corrected chi connectivity index (χ4v) is 4.56. The Balaban J connectivity index is 1.43. The highest BCUT2D eigenvalue weighted by molar-refractivity contribution is 5.75. The van der Waals surface area contributed by atoms with Crippen LogP contribution in [-0.4, -0.2) is 56.5 Å². The second kappa shape index (κ2) is 9.75. The number of halogens is 3. The molecule has 202 valence electrons. The van der Waals surface area contributed by atoms with E-state index < -0.39 is 23.0 Å². The molecule has 0 N–H and O–H groups in total. The maximum atomic E-state index is 13.5. The Bertz CT molecular complexity index is 1520. The number of aromatic nitrogens is 5. The van der Waals surface area contributed by atoms with Gasteiger partial charge < -0.3 is 9.42 Å². The number of amides is 1. The fourth-order valence-electron chi connectivity index (χ4n) is 4.56. The summed E-state index contributed by atoms with van der Waals surface area (Å²) in [6.45, 7) is 5.32. The van der Waals surface area contributed by atoms with Gasteiger partial charge in [-0.15, -0.1) is 0 Å². The Morgan fingerprint density at radius 2 is 1.87 bits per heavy atom. The molecule has 0 saturated heterocycles. The Kier molecular flexibility index (Phi) is 6.57. The molecule has 1 saturated carbocycles. The molecule has 4 aromatic rings. The number of carbonyl (C=O) groups is 1. The van der Waals surface area contributed by atoms with E-state index in [0.717, 1.165) is 24.5 Å². The highest BCUT2D eigenvalue weighted by atomic mass is 19.4. The number of rotatable bonds is 8. The van der Waals surface area contributed by atoms with Crippen LogP contribution in [0.15, 0.2) is 58.4 Å². The number of hydrogen-bond acceptors (Lipinski definition) is 7. The van der Waals surface area contributed by atoms with Crippen LogP contribution < -0.4 is 0 Å². The van der Waals surface area contributed by atoms with Gasteiger partial charge in [-0.2, -0.15) is 23.3 Å². The predicted octanol–water partition coefficient (Wildman–Crippen LogP) is 5.15. The SMILES string of the molecule is C=Nc1ncc(-c2ccc([C@](C)(c3noc(-c4cnn(CC(=O)N(C)C)c4)n3)C3CC3)cc2)cc1C(F)(F)F. The largest absolute Gasteiger partial charge is 0.420 e. The zero-order valence-electron chi connectivity index (χ0n) is 21.6. The van der Waals surface area contributed by atoms with Gasteiger partial charge in [0, 0.05) is 32.1 Å². The van der Waals surface area contributed by atoms with Crippen molar-refractivity contribution in [1.29, 1.82) is 0 Å². The molecule has 1 fully saturated rings. The molecule has 0 bridgehead atoms. The summed E-state index contributed by atoms with van der Waals surface area (Å²) in [5.41, 5.74) is 0.917. The van der Waals surface area contributed by atoms with Crippen molar-refractivity contribution in [1.82, 2.24) is 29.8 Å². The zero-order chi connectivity index (χ0) is 27.9. The van der Waals surface area contributed by atoms with Crippen LogP contribution in [0.5, 0.6) is 0 Å². The molecule has 1 aliphatic carbocycles. The Morgan fingerprint density at radius 1 is 1.15 bits per heavy atom. The quantitative estimate of drug-likeness (QED) is 0.288. The van der Waals surface area contributed by atoms with Gasteiger partial charge in [0.25, 0.3) is 5.89 Å². The third kappa shape index (κ3) is 5.06. The van der Waals surface area contributed by atoms with E-state index in [0.29, 0.717) is 28.4 Å². The van der Waals surface area contributed by atoms with Crippen molar-refractivity contribution in [3.05, 3.63) is 65.9 Å². The van der Waals surface area contributed by atoms with Crippen LogP contribution >= 0.6 is 0 Å². The molecule has 3 aromatic heterocycles. The first-order valence-electron chi connectivity index (χ1n) is 12.2. The first-order chi connectivity index (χ1) is 18.5. The summed E-state index contributed by atoms with van der Waals surface area (Å²) in [6, 6.07) is 8.31. The molecule has 1 aliphatic rings. The molecule has 39 heavy (non-hydrogen) atoms. The second-order valence-electron chi connectivity index (χ2n) is 9.94. The molecule has 0 aliphatic heterocycles. The van der Waals surface area contributed by atoms with Crippen molar-refractivity contribution in [2.75, 3.05) is 14.1 Å². The highest BCUT2D eigenvalue weighted by Crippen LogP contribution is 2.50. The van der Waals surface area contributed by atoms with Gasteiger partial charge in [-0.25, -0.2) is 9.98 Å². The third-order valence-electron chi connectivity index (χ3n) is 7.10. The molecule has 0 radical (unpaired) electrons. The summed E-state index contributed by atoms with van der Waals surface area (Å²) in [6.07, 6.45) is 1.98.